The highest BCUT2D eigenvalue weighted by atomic mass is 19.2. The fourth-order valence-corrected chi connectivity index (χ4v) is 1.98. The Labute approximate surface area is 109 Å². The fraction of sp³-hybridized carbons (Fsp3) is 0.462. The highest BCUT2D eigenvalue weighted by molar-refractivity contribution is 5.90. The molecule has 104 valence electrons. The van der Waals surface area contributed by atoms with Gasteiger partial charge in [0.15, 0.2) is 11.6 Å². The highest BCUT2D eigenvalue weighted by Crippen LogP contribution is 2.22. The van der Waals surface area contributed by atoms with Crippen LogP contribution in [0.4, 0.5) is 14.5 Å². The molecule has 1 unspecified atom stereocenters. The van der Waals surface area contributed by atoms with Crippen LogP contribution in [0.3, 0.4) is 0 Å². The average Bonchev–Trinajstić information content (AvgIpc) is 2.93. The summed E-state index contributed by atoms with van der Waals surface area (Å²) in [5.41, 5.74) is -0.400. The summed E-state index contributed by atoms with van der Waals surface area (Å²) < 4.78 is 37.1. The van der Waals surface area contributed by atoms with Crippen molar-refractivity contribution in [1.82, 2.24) is 0 Å². The first-order chi connectivity index (χ1) is 9.13. The summed E-state index contributed by atoms with van der Waals surface area (Å²) in [5.74, 6) is -3.19. The van der Waals surface area contributed by atoms with Crippen molar-refractivity contribution in [3.63, 3.8) is 0 Å². The lowest BCUT2D eigenvalue weighted by atomic mass is 10.1. The molecule has 0 aromatic heterocycles. The van der Waals surface area contributed by atoms with Crippen molar-refractivity contribution < 1.29 is 23.0 Å². The maximum absolute atomic E-state index is 13.7. The predicted molar refractivity (Wildman–Crippen MR) is 65.2 cm³/mol. The quantitative estimate of drug-likeness (QED) is 0.854. The van der Waals surface area contributed by atoms with Crippen LogP contribution < -0.4 is 5.32 Å². The molecule has 0 radical (unpaired) electrons. The number of esters is 1. The molecule has 1 aromatic rings. The number of anilines is 1. The molecule has 6 heteroatoms. The molecule has 0 amide bonds. The lowest BCUT2D eigenvalue weighted by Crippen LogP contribution is -2.19. The van der Waals surface area contributed by atoms with Gasteiger partial charge >= 0.3 is 5.97 Å². The van der Waals surface area contributed by atoms with Crippen LogP contribution in [0.2, 0.25) is 0 Å². The molecular formula is C13H15F2NO3. The molecule has 1 aliphatic rings. The second-order valence-electron chi connectivity index (χ2n) is 4.30. The summed E-state index contributed by atoms with van der Waals surface area (Å²) in [6.45, 7) is 1.11. The molecule has 4 nitrogen and oxygen atoms in total. The molecule has 1 aromatic carbocycles. The van der Waals surface area contributed by atoms with E-state index >= 15 is 0 Å². The number of hydrogen-bond acceptors (Lipinski definition) is 4. The third-order valence-corrected chi connectivity index (χ3v) is 3.03. The van der Waals surface area contributed by atoms with Crippen molar-refractivity contribution in [2.24, 2.45) is 0 Å². The number of methoxy groups -OCH3 is 1. The Morgan fingerprint density at radius 1 is 1.47 bits per heavy atom. The van der Waals surface area contributed by atoms with E-state index in [2.05, 4.69) is 10.1 Å². The van der Waals surface area contributed by atoms with E-state index in [0.29, 0.717) is 13.2 Å². The van der Waals surface area contributed by atoms with E-state index in [-0.39, 0.29) is 11.8 Å². The Bertz CT molecular complexity index is 473. The number of benzene rings is 1. The summed E-state index contributed by atoms with van der Waals surface area (Å²) in [7, 11) is 1.11. The van der Waals surface area contributed by atoms with Gasteiger partial charge in [-0.2, -0.15) is 0 Å². The minimum atomic E-state index is -1.20. The molecule has 0 saturated carbocycles. The van der Waals surface area contributed by atoms with E-state index in [1.807, 2.05) is 0 Å². The number of carbonyl (C=O) groups excluding carboxylic acids is 1. The smallest absolute Gasteiger partial charge is 0.340 e. The van der Waals surface area contributed by atoms with Crippen molar-refractivity contribution in [3.05, 3.63) is 29.3 Å². The normalized spacial score (nSPS) is 18.4. The van der Waals surface area contributed by atoms with Crippen LogP contribution in [0.1, 0.15) is 23.2 Å². The fourth-order valence-electron chi connectivity index (χ4n) is 1.98. The van der Waals surface area contributed by atoms with Gasteiger partial charge in [-0.25, -0.2) is 13.6 Å². The van der Waals surface area contributed by atoms with Gasteiger partial charge in [-0.05, 0) is 25.0 Å². The van der Waals surface area contributed by atoms with Gasteiger partial charge in [0.05, 0.1) is 24.5 Å². The monoisotopic (exact) mass is 271 g/mol. The van der Waals surface area contributed by atoms with E-state index in [1.165, 1.54) is 12.1 Å². The van der Waals surface area contributed by atoms with Gasteiger partial charge in [-0.15, -0.1) is 0 Å². The van der Waals surface area contributed by atoms with E-state index in [1.54, 1.807) is 0 Å². The van der Waals surface area contributed by atoms with Gasteiger partial charge in [0, 0.05) is 13.2 Å². The number of nitrogens with one attached hydrogen (secondary N) is 1. The molecular weight excluding hydrogens is 256 g/mol. The van der Waals surface area contributed by atoms with E-state index in [0.717, 1.165) is 20.0 Å². The summed E-state index contributed by atoms with van der Waals surface area (Å²) in [6.07, 6.45) is 1.89. The molecule has 1 atom stereocenters. The van der Waals surface area contributed by atoms with Crippen LogP contribution in [0, 0.1) is 11.6 Å². The zero-order valence-corrected chi connectivity index (χ0v) is 10.5. The zero-order valence-electron chi connectivity index (χ0n) is 10.5. The van der Waals surface area contributed by atoms with Crippen LogP contribution >= 0.6 is 0 Å². The number of hydrogen-bond donors (Lipinski definition) is 1. The molecule has 0 spiro atoms. The second-order valence-corrected chi connectivity index (χ2v) is 4.30. The van der Waals surface area contributed by atoms with E-state index < -0.39 is 23.2 Å². The standard InChI is InChI=1S/C13H15F2NO3/c1-18-13(17)9-4-5-10(12(15)11(9)14)16-7-8-3-2-6-19-8/h4-5,8,16H,2-3,6-7H2,1H3. The van der Waals surface area contributed by atoms with Crippen LogP contribution in [-0.4, -0.2) is 32.3 Å². The zero-order chi connectivity index (χ0) is 13.8. The van der Waals surface area contributed by atoms with Crippen molar-refractivity contribution in [2.75, 3.05) is 25.6 Å². The molecule has 0 aliphatic carbocycles. The highest BCUT2D eigenvalue weighted by Gasteiger charge is 2.20. The number of halogens is 2. The van der Waals surface area contributed by atoms with Gasteiger partial charge in [0.2, 0.25) is 0 Å². The Hall–Kier alpha value is -1.69. The number of ether oxygens (including phenoxy) is 2. The summed E-state index contributed by atoms with van der Waals surface area (Å²) in [5, 5.41) is 2.79. The minimum Gasteiger partial charge on any atom is -0.465 e. The van der Waals surface area contributed by atoms with Crippen molar-refractivity contribution in [1.29, 1.82) is 0 Å². The molecule has 2 rings (SSSR count). The van der Waals surface area contributed by atoms with Crippen LogP contribution in [0.5, 0.6) is 0 Å². The summed E-state index contributed by atoms with van der Waals surface area (Å²) in [4.78, 5) is 11.2. The maximum Gasteiger partial charge on any atom is 0.340 e. The number of rotatable bonds is 4. The topological polar surface area (TPSA) is 47.6 Å². The SMILES string of the molecule is COC(=O)c1ccc(NCC2CCCO2)c(F)c1F. The van der Waals surface area contributed by atoms with Gasteiger partial charge in [0.1, 0.15) is 0 Å². The summed E-state index contributed by atoms with van der Waals surface area (Å²) in [6, 6.07) is 2.52. The van der Waals surface area contributed by atoms with Crippen LogP contribution in [0.15, 0.2) is 12.1 Å². The molecule has 1 heterocycles. The van der Waals surface area contributed by atoms with Crippen molar-refractivity contribution >= 4 is 11.7 Å². The molecule has 0 bridgehead atoms. The minimum absolute atomic E-state index is 0.0145. The molecule has 1 aliphatic heterocycles. The Morgan fingerprint density at radius 3 is 2.89 bits per heavy atom. The second kappa shape index (κ2) is 5.97. The Morgan fingerprint density at radius 2 is 2.26 bits per heavy atom. The molecule has 1 fully saturated rings. The van der Waals surface area contributed by atoms with Crippen LogP contribution in [0.25, 0.3) is 0 Å². The molecule has 19 heavy (non-hydrogen) atoms. The van der Waals surface area contributed by atoms with Gasteiger partial charge in [0.25, 0.3) is 0 Å². The van der Waals surface area contributed by atoms with Crippen molar-refractivity contribution in [3.8, 4) is 0 Å². The Balaban J connectivity index is 2.09. The van der Waals surface area contributed by atoms with Crippen LogP contribution in [-0.2, 0) is 9.47 Å². The van der Waals surface area contributed by atoms with E-state index in [4.69, 9.17) is 4.74 Å². The Kier molecular flexibility index (Phi) is 4.31. The lowest BCUT2D eigenvalue weighted by molar-refractivity contribution is 0.0594. The number of carbonyl (C=O) groups is 1. The third-order valence-electron chi connectivity index (χ3n) is 3.03. The van der Waals surface area contributed by atoms with E-state index in [9.17, 15) is 13.6 Å². The average molecular weight is 271 g/mol. The van der Waals surface area contributed by atoms with Gasteiger partial charge in [-0.3, -0.25) is 0 Å². The maximum atomic E-state index is 13.7. The summed E-state index contributed by atoms with van der Waals surface area (Å²) >= 11 is 0. The predicted octanol–water partition coefficient (Wildman–Crippen LogP) is 2.34. The van der Waals surface area contributed by atoms with Crippen molar-refractivity contribution in [2.45, 2.75) is 18.9 Å². The molecule has 1 saturated heterocycles. The first-order valence-electron chi connectivity index (χ1n) is 6.05. The van der Waals surface area contributed by atoms with Gasteiger partial charge in [-0.1, -0.05) is 0 Å². The lowest BCUT2D eigenvalue weighted by Gasteiger charge is -2.13. The third kappa shape index (κ3) is 3.01. The first kappa shape index (κ1) is 13.7. The first-order valence-corrected chi connectivity index (χ1v) is 6.05. The van der Waals surface area contributed by atoms with Gasteiger partial charge < -0.3 is 14.8 Å². The largest absolute Gasteiger partial charge is 0.465 e. The molecule has 1 N–H and O–H groups in total.